The van der Waals surface area contributed by atoms with Crippen LogP contribution < -0.4 is 16.0 Å². The van der Waals surface area contributed by atoms with Crippen LogP contribution in [-0.4, -0.2) is 49.4 Å². The molecule has 0 aromatic heterocycles. The van der Waals surface area contributed by atoms with E-state index in [0.29, 0.717) is 12.0 Å². The maximum absolute atomic E-state index is 12.6. The van der Waals surface area contributed by atoms with Crippen molar-refractivity contribution >= 4 is 23.7 Å². The highest BCUT2D eigenvalue weighted by atomic mass is 16.5. The van der Waals surface area contributed by atoms with Gasteiger partial charge in [0.25, 0.3) is 5.91 Å². The Morgan fingerprint density at radius 1 is 0.966 bits per heavy atom. The molecule has 2 atom stereocenters. The van der Waals surface area contributed by atoms with Gasteiger partial charge in [-0.05, 0) is 30.4 Å². The molecule has 1 aromatic rings. The molecule has 0 heterocycles. The lowest BCUT2D eigenvalue weighted by Crippen LogP contribution is -2.52. The van der Waals surface area contributed by atoms with E-state index < -0.39 is 29.9 Å². The Labute approximate surface area is 171 Å². The van der Waals surface area contributed by atoms with Crippen LogP contribution in [0, 0.1) is 11.8 Å². The lowest BCUT2D eigenvalue weighted by Gasteiger charge is -2.22. The van der Waals surface area contributed by atoms with Crippen molar-refractivity contribution in [2.75, 3.05) is 13.7 Å². The molecule has 0 spiro atoms. The summed E-state index contributed by atoms with van der Waals surface area (Å²) >= 11 is 0. The second-order valence-electron chi connectivity index (χ2n) is 7.55. The Bertz CT molecular complexity index is 704. The monoisotopic (exact) mass is 405 g/mol. The van der Waals surface area contributed by atoms with Gasteiger partial charge in [-0.1, -0.05) is 45.9 Å². The molecule has 8 heteroatoms. The van der Waals surface area contributed by atoms with Crippen LogP contribution in [0.2, 0.25) is 0 Å². The predicted octanol–water partition coefficient (Wildman–Crippen LogP) is 1.26. The molecule has 0 saturated carbocycles. The number of carbonyl (C=O) groups excluding carboxylic acids is 4. The fourth-order valence-electron chi connectivity index (χ4n) is 2.67. The maximum atomic E-state index is 12.6. The lowest BCUT2D eigenvalue weighted by atomic mass is 10.0. The summed E-state index contributed by atoms with van der Waals surface area (Å²) in [6.45, 7) is 7.11. The van der Waals surface area contributed by atoms with Crippen LogP contribution >= 0.6 is 0 Å². The summed E-state index contributed by atoms with van der Waals surface area (Å²) in [5.41, 5.74) is 0.449. The zero-order chi connectivity index (χ0) is 22.0. The number of hydrogen-bond donors (Lipinski definition) is 3. The van der Waals surface area contributed by atoms with Gasteiger partial charge in [0.15, 0.2) is 0 Å². The maximum Gasteiger partial charge on any atom is 0.328 e. The third-order valence-corrected chi connectivity index (χ3v) is 4.23. The van der Waals surface area contributed by atoms with Crippen LogP contribution in [0.25, 0.3) is 0 Å². The van der Waals surface area contributed by atoms with Crippen molar-refractivity contribution in [3.05, 3.63) is 35.9 Å². The summed E-state index contributed by atoms with van der Waals surface area (Å²) in [5, 5.41) is 7.80. The molecule has 1 aromatic carbocycles. The first-order valence-electron chi connectivity index (χ1n) is 9.66. The Hall–Kier alpha value is -2.90. The summed E-state index contributed by atoms with van der Waals surface area (Å²) in [4.78, 5) is 48.8. The average molecular weight is 405 g/mol. The molecular formula is C21H31N3O5. The molecule has 3 amide bonds. The van der Waals surface area contributed by atoms with E-state index in [4.69, 9.17) is 0 Å². The molecule has 29 heavy (non-hydrogen) atoms. The van der Waals surface area contributed by atoms with E-state index in [1.54, 1.807) is 44.2 Å². The highest BCUT2D eigenvalue weighted by Gasteiger charge is 2.26. The van der Waals surface area contributed by atoms with Crippen molar-refractivity contribution in [2.45, 2.75) is 46.2 Å². The summed E-state index contributed by atoms with van der Waals surface area (Å²) in [6, 6.07) is 7.02. The van der Waals surface area contributed by atoms with Crippen LogP contribution in [0.5, 0.6) is 0 Å². The Balaban J connectivity index is 2.69. The van der Waals surface area contributed by atoms with E-state index in [0.717, 1.165) is 0 Å². The smallest absolute Gasteiger partial charge is 0.328 e. The van der Waals surface area contributed by atoms with Gasteiger partial charge in [-0.25, -0.2) is 4.79 Å². The summed E-state index contributed by atoms with van der Waals surface area (Å²) in [6.07, 6.45) is 0.419. The van der Waals surface area contributed by atoms with E-state index >= 15 is 0 Å². The van der Waals surface area contributed by atoms with Crippen LogP contribution in [0.15, 0.2) is 30.3 Å². The number of esters is 1. The van der Waals surface area contributed by atoms with E-state index in [1.807, 2.05) is 13.8 Å². The summed E-state index contributed by atoms with van der Waals surface area (Å²) in [7, 11) is 1.25. The fraction of sp³-hybridized carbons (Fsp3) is 0.524. The number of amides is 3. The Morgan fingerprint density at radius 3 is 2.10 bits per heavy atom. The summed E-state index contributed by atoms with van der Waals surface area (Å²) < 4.78 is 4.68. The van der Waals surface area contributed by atoms with Gasteiger partial charge >= 0.3 is 5.97 Å². The lowest BCUT2D eigenvalue weighted by molar-refractivity contribution is -0.146. The van der Waals surface area contributed by atoms with Gasteiger partial charge in [-0.2, -0.15) is 0 Å². The zero-order valence-corrected chi connectivity index (χ0v) is 17.7. The first-order valence-corrected chi connectivity index (χ1v) is 9.66. The molecule has 3 N–H and O–H groups in total. The predicted molar refractivity (Wildman–Crippen MR) is 109 cm³/mol. The van der Waals surface area contributed by atoms with Crippen molar-refractivity contribution in [2.24, 2.45) is 11.8 Å². The molecule has 0 saturated heterocycles. The highest BCUT2D eigenvalue weighted by molar-refractivity contribution is 5.98. The molecular weight excluding hydrogens is 374 g/mol. The van der Waals surface area contributed by atoms with Gasteiger partial charge < -0.3 is 20.7 Å². The SMILES string of the molecule is COC(=O)[C@@H](NC(=O)CNC(=O)[C@H](CC(C)C)NC(=O)c1ccccc1)C(C)C. The minimum absolute atomic E-state index is 0.153. The molecule has 0 aliphatic heterocycles. The zero-order valence-electron chi connectivity index (χ0n) is 17.7. The Morgan fingerprint density at radius 2 is 1.59 bits per heavy atom. The number of ether oxygens (including phenoxy) is 1. The molecule has 0 radical (unpaired) electrons. The van der Waals surface area contributed by atoms with E-state index in [-0.39, 0.29) is 24.3 Å². The standard InChI is InChI=1S/C21H31N3O5/c1-13(2)11-16(23-19(26)15-9-7-6-8-10-15)20(27)22-12-17(25)24-18(14(3)4)21(28)29-5/h6-10,13-14,16,18H,11-12H2,1-5H3,(H,22,27)(H,23,26)(H,24,25)/t16-,18-/m0/s1. The van der Waals surface area contributed by atoms with E-state index in [9.17, 15) is 19.2 Å². The number of rotatable bonds is 10. The van der Waals surface area contributed by atoms with Crippen LogP contribution in [-0.2, 0) is 19.1 Å². The van der Waals surface area contributed by atoms with E-state index in [1.165, 1.54) is 7.11 Å². The molecule has 8 nitrogen and oxygen atoms in total. The van der Waals surface area contributed by atoms with Crippen molar-refractivity contribution < 1.29 is 23.9 Å². The molecule has 0 aliphatic carbocycles. The molecule has 0 fully saturated rings. The number of nitrogens with one attached hydrogen (secondary N) is 3. The number of methoxy groups -OCH3 is 1. The van der Waals surface area contributed by atoms with Crippen molar-refractivity contribution in [1.29, 1.82) is 0 Å². The van der Waals surface area contributed by atoms with Gasteiger partial charge in [0.1, 0.15) is 12.1 Å². The molecule has 0 bridgehead atoms. The number of hydrogen-bond acceptors (Lipinski definition) is 5. The van der Waals surface area contributed by atoms with Crippen molar-refractivity contribution in [3.63, 3.8) is 0 Å². The first kappa shape index (κ1) is 24.1. The third-order valence-electron chi connectivity index (χ3n) is 4.23. The van der Waals surface area contributed by atoms with Gasteiger partial charge in [0, 0.05) is 5.56 Å². The van der Waals surface area contributed by atoms with E-state index in [2.05, 4.69) is 20.7 Å². The fourth-order valence-corrected chi connectivity index (χ4v) is 2.67. The molecule has 160 valence electrons. The van der Waals surface area contributed by atoms with Crippen LogP contribution in [0.1, 0.15) is 44.5 Å². The Kier molecular flexibility index (Phi) is 9.85. The minimum atomic E-state index is -0.798. The number of carbonyl (C=O) groups is 4. The second-order valence-corrected chi connectivity index (χ2v) is 7.55. The van der Waals surface area contributed by atoms with Crippen molar-refractivity contribution in [1.82, 2.24) is 16.0 Å². The number of benzene rings is 1. The largest absolute Gasteiger partial charge is 0.467 e. The van der Waals surface area contributed by atoms with Crippen molar-refractivity contribution in [3.8, 4) is 0 Å². The third kappa shape index (κ3) is 8.33. The van der Waals surface area contributed by atoms with Crippen LogP contribution in [0.4, 0.5) is 0 Å². The highest BCUT2D eigenvalue weighted by Crippen LogP contribution is 2.07. The second kappa shape index (κ2) is 11.8. The normalized spacial score (nSPS) is 12.8. The van der Waals surface area contributed by atoms with Crippen LogP contribution in [0.3, 0.4) is 0 Å². The first-order chi connectivity index (χ1) is 13.6. The van der Waals surface area contributed by atoms with Gasteiger partial charge in [0.05, 0.1) is 13.7 Å². The van der Waals surface area contributed by atoms with Gasteiger partial charge in [0.2, 0.25) is 11.8 Å². The summed E-state index contributed by atoms with van der Waals surface area (Å²) in [5.74, 6) is -1.90. The topological polar surface area (TPSA) is 114 Å². The van der Waals surface area contributed by atoms with Gasteiger partial charge in [-0.3, -0.25) is 14.4 Å². The molecule has 0 aliphatic rings. The average Bonchev–Trinajstić information content (AvgIpc) is 2.69. The quantitative estimate of drug-likeness (QED) is 0.507. The molecule has 0 unspecified atom stereocenters. The minimum Gasteiger partial charge on any atom is -0.467 e. The van der Waals surface area contributed by atoms with Gasteiger partial charge in [-0.15, -0.1) is 0 Å². The molecule has 1 rings (SSSR count).